The molecule has 6 nitrogen and oxygen atoms in total. The van der Waals surface area contributed by atoms with Gasteiger partial charge in [0.2, 0.25) is 10.0 Å². The average molecular weight is 300 g/mol. The van der Waals surface area contributed by atoms with Crippen LogP contribution in [0.3, 0.4) is 0 Å². The van der Waals surface area contributed by atoms with E-state index in [0.717, 1.165) is 6.42 Å². The van der Waals surface area contributed by atoms with Crippen LogP contribution in [0.1, 0.15) is 24.5 Å². The Morgan fingerprint density at radius 2 is 1.95 bits per heavy atom. The molecule has 0 aromatic heterocycles. The van der Waals surface area contributed by atoms with Gasteiger partial charge in [0.15, 0.2) is 6.61 Å². The summed E-state index contributed by atoms with van der Waals surface area (Å²) in [4.78, 5) is 11.5. The van der Waals surface area contributed by atoms with Crippen LogP contribution in [0.15, 0.2) is 17.0 Å². The van der Waals surface area contributed by atoms with Crippen molar-refractivity contribution in [2.45, 2.75) is 32.1 Å². The van der Waals surface area contributed by atoms with E-state index >= 15 is 0 Å². The zero-order valence-corrected chi connectivity index (χ0v) is 12.7. The number of sulfonamides is 1. The molecule has 7 heteroatoms. The molecule has 0 aliphatic carbocycles. The minimum atomic E-state index is -3.75. The maximum atomic E-state index is 11.4. The first-order valence-corrected chi connectivity index (χ1v) is 7.84. The van der Waals surface area contributed by atoms with Crippen LogP contribution in [0.2, 0.25) is 0 Å². The highest BCUT2D eigenvalue weighted by Gasteiger charge is 2.15. The molecule has 0 saturated heterocycles. The predicted molar refractivity (Wildman–Crippen MR) is 76.1 cm³/mol. The van der Waals surface area contributed by atoms with Crippen molar-refractivity contribution < 1.29 is 17.9 Å². The van der Waals surface area contributed by atoms with Gasteiger partial charge in [0.1, 0.15) is 5.75 Å². The molecule has 0 atom stereocenters. The van der Waals surface area contributed by atoms with Gasteiger partial charge < -0.3 is 10.1 Å². The van der Waals surface area contributed by atoms with Gasteiger partial charge in [0, 0.05) is 6.54 Å². The summed E-state index contributed by atoms with van der Waals surface area (Å²) in [6.45, 7) is 5.84. The number of hydrogen-bond acceptors (Lipinski definition) is 4. The molecule has 0 aliphatic heterocycles. The third kappa shape index (κ3) is 4.21. The van der Waals surface area contributed by atoms with Crippen molar-refractivity contribution in [3.63, 3.8) is 0 Å². The molecule has 1 aromatic carbocycles. The summed E-state index contributed by atoms with van der Waals surface area (Å²) in [6, 6.07) is 2.89. The molecule has 1 aromatic rings. The van der Waals surface area contributed by atoms with Gasteiger partial charge >= 0.3 is 0 Å². The number of benzene rings is 1. The molecule has 0 bridgehead atoms. The maximum Gasteiger partial charge on any atom is 0.257 e. The molecule has 0 spiro atoms. The molecule has 0 aliphatic rings. The Labute approximate surface area is 119 Å². The maximum absolute atomic E-state index is 11.4. The lowest BCUT2D eigenvalue weighted by Crippen LogP contribution is -2.29. The molecule has 1 amide bonds. The number of nitrogens with two attached hydrogens (primary N) is 1. The summed E-state index contributed by atoms with van der Waals surface area (Å²) in [5, 5.41) is 7.81. The number of ether oxygens (including phenoxy) is 1. The van der Waals surface area contributed by atoms with Crippen molar-refractivity contribution in [1.82, 2.24) is 5.32 Å². The van der Waals surface area contributed by atoms with Crippen LogP contribution < -0.4 is 15.2 Å². The van der Waals surface area contributed by atoms with Crippen molar-refractivity contribution in [2.24, 2.45) is 5.14 Å². The van der Waals surface area contributed by atoms with Crippen molar-refractivity contribution in [1.29, 1.82) is 0 Å². The van der Waals surface area contributed by atoms with E-state index in [-0.39, 0.29) is 17.4 Å². The van der Waals surface area contributed by atoms with E-state index in [1.54, 1.807) is 13.8 Å². The van der Waals surface area contributed by atoms with Crippen LogP contribution in [-0.2, 0) is 14.8 Å². The van der Waals surface area contributed by atoms with Gasteiger partial charge in [0.25, 0.3) is 5.91 Å². The third-order valence-corrected chi connectivity index (χ3v) is 3.98. The van der Waals surface area contributed by atoms with Gasteiger partial charge in [-0.1, -0.05) is 6.92 Å². The lowest BCUT2D eigenvalue weighted by Gasteiger charge is -2.13. The molecular weight excluding hydrogens is 280 g/mol. The van der Waals surface area contributed by atoms with Gasteiger partial charge in [-0.25, -0.2) is 13.6 Å². The second-order valence-corrected chi connectivity index (χ2v) is 6.03. The number of rotatable bonds is 6. The van der Waals surface area contributed by atoms with Crippen LogP contribution in [0.4, 0.5) is 0 Å². The van der Waals surface area contributed by atoms with E-state index in [1.807, 2.05) is 6.92 Å². The van der Waals surface area contributed by atoms with E-state index in [4.69, 9.17) is 9.88 Å². The summed E-state index contributed by atoms with van der Waals surface area (Å²) in [5.74, 6) is 0.265. The molecule has 3 N–H and O–H groups in total. The normalized spacial score (nSPS) is 11.2. The first kappa shape index (κ1) is 16.5. The van der Waals surface area contributed by atoms with Crippen LogP contribution in [0.25, 0.3) is 0 Å². The van der Waals surface area contributed by atoms with Crippen LogP contribution in [0, 0.1) is 13.8 Å². The van der Waals surface area contributed by atoms with Crippen LogP contribution in [-0.4, -0.2) is 27.5 Å². The molecule has 0 saturated carbocycles. The van der Waals surface area contributed by atoms with Gasteiger partial charge in [0.05, 0.1) is 4.90 Å². The Morgan fingerprint density at radius 3 is 2.50 bits per heavy atom. The fraction of sp³-hybridized carbons (Fsp3) is 0.462. The molecule has 1 rings (SSSR count). The van der Waals surface area contributed by atoms with Gasteiger partial charge in [-0.3, -0.25) is 4.79 Å². The third-order valence-electron chi connectivity index (χ3n) is 2.93. The highest BCUT2D eigenvalue weighted by atomic mass is 32.2. The number of carbonyl (C=O) groups excluding carboxylic acids is 1. The monoisotopic (exact) mass is 300 g/mol. The lowest BCUT2D eigenvalue weighted by atomic mass is 10.1. The quantitative estimate of drug-likeness (QED) is 0.814. The number of nitrogens with one attached hydrogen (secondary N) is 1. The first-order valence-electron chi connectivity index (χ1n) is 6.29. The van der Waals surface area contributed by atoms with Crippen LogP contribution in [0.5, 0.6) is 5.75 Å². The number of amides is 1. The fourth-order valence-electron chi connectivity index (χ4n) is 1.69. The van der Waals surface area contributed by atoms with E-state index in [1.165, 1.54) is 12.1 Å². The standard InChI is InChI=1S/C13H20N2O4S/c1-4-7-15-13(16)8-19-11-5-6-12(20(14,17)18)10(3)9(11)2/h5-6H,4,7-8H2,1-3H3,(H,15,16)(H2,14,17,18). The SMILES string of the molecule is CCCNC(=O)COc1ccc(S(N)(=O)=O)c(C)c1C. The lowest BCUT2D eigenvalue weighted by molar-refractivity contribution is -0.123. The molecular formula is C13H20N2O4S. The highest BCUT2D eigenvalue weighted by molar-refractivity contribution is 7.89. The second-order valence-electron chi connectivity index (χ2n) is 4.50. The van der Waals surface area contributed by atoms with E-state index in [0.29, 0.717) is 23.4 Å². The number of primary sulfonamides is 1. The number of hydrogen-bond donors (Lipinski definition) is 2. The smallest absolute Gasteiger partial charge is 0.257 e. The molecule has 20 heavy (non-hydrogen) atoms. The summed E-state index contributed by atoms with van der Waals surface area (Å²) in [6.07, 6.45) is 0.854. The Hall–Kier alpha value is -1.60. The van der Waals surface area contributed by atoms with Crippen LogP contribution >= 0.6 is 0 Å². The predicted octanol–water partition coefficient (Wildman–Crippen LogP) is 0.856. The van der Waals surface area contributed by atoms with Crippen molar-refractivity contribution >= 4 is 15.9 Å². The fourth-order valence-corrected chi connectivity index (χ4v) is 2.53. The zero-order valence-electron chi connectivity index (χ0n) is 11.9. The molecule has 0 unspecified atom stereocenters. The average Bonchev–Trinajstić information content (AvgIpc) is 2.36. The summed E-state index contributed by atoms with van der Waals surface area (Å²) >= 11 is 0. The van der Waals surface area contributed by atoms with E-state index in [2.05, 4.69) is 5.32 Å². The molecule has 0 heterocycles. The second kappa shape index (κ2) is 6.71. The Bertz CT molecular complexity index is 597. The van der Waals surface area contributed by atoms with Crippen molar-refractivity contribution in [3.8, 4) is 5.75 Å². The largest absolute Gasteiger partial charge is 0.483 e. The zero-order chi connectivity index (χ0) is 15.3. The minimum Gasteiger partial charge on any atom is -0.483 e. The van der Waals surface area contributed by atoms with Crippen molar-refractivity contribution in [2.75, 3.05) is 13.2 Å². The van der Waals surface area contributed by atoms with E-state index < -0.39 is 10.0 Å². The van der Waals surface area contributed by atoms with Gasteiger partial charge in [-0.2, -0.15) is 0 Å². The highest BCUT2D eigenvalue weighted by Crippen LogP contribution is 2.26. The molecule has 0 fully saturated rings. The van der Waals surface area contributed by atoms with Crippen molar-refractivity contribution in [3.05, 3.63) is 23.3 Å². The molecule has 0 radical (unpaired) electrons. The Morgan fingerprint density at radius 1 is 1.30 bits per heavy atom. The van der Waals surface area contributed by atoms with Gasteiger partial charge in [-0.15, -0.1) is 0 Å². The van der Waals surface area contributed by atoms with E-state index in [9.17, 15) is 13.2 Å². The Balaban J connectivity index is 2.84. The topological polar surface area (TPSA) is 98.5 Å². The minimum absolute atomic E-state index is 0.0674. The molecule has 112 valence electrons. The van der Waals surface area contributed by atoms with Gasteiger partial charge in [-0.05, 0) is 43.5 Å². The summed E-state index contributed by atoms with van der Waals surface area (Å²) < 4.78 is 28.1. The summed E-state index contributed by atoms with van der Waals surface area (Å²) in [5.41, 5.74) is 1.18. The Kier molecular flexibility index (Phi) is 5.52. The first-order chi connectivity index (χ1) is 9.27. The number of carbonyl (C=O) groups is 1. The summed E-state index contributed by atoms with van der Waals surface area (Å²) in [7, 11) is -3.75.